The predicted octanol–water partition coefficient (Wildman–Crippen LogP) is 2.28. The summed E-state index contributed by atoms with van der Waals surface area (Å²) in [6.45, 7) is 4.20. The maximum Gasteiger partial charge on any atom is 0.325 e. The summed E-state index contributed by atoms with van der Waals surface area (Å²) >= 11 is 0. The van der Waals surface area contributed by atoms with Crippen LogP contribution in [0.5, 0.6) is 5.75 Å². The number of urea groups is 1. The van der Waals surface area contributed by atoms with Crippen LogP contribution in [-0.4, -0.2) is 59.7 Å². The van der Waals surface area contributed by atoms with Crippen molar-refractivity contribution in [2.45, 2.75) is 13.0 Å². The lowest BCUT2D eigenvalue weighted by molar-refractivity contribution is 0.189. The van der Waals surface area contributed by atoms with Gasteiger partial charge in [0.1, 0.15) is 12.4 Å². The van der Waals surface area contributed by atoms with Crippen LogP contribution in [0.25, 0.3) is 0 Å². The molecule has 1 aromatic heterocycles. The molecule has 142 valence electrons. The van der Waals surface area contributed by atoms with Crippen LogP contribution in [0.15, 0.2) is 30.6 Å². The number of carbonyl (C=O) groups is 1. The third-order valence-electron chi connectivity index (χ3n) is 4.77. The molecule has 0 saturated carbocycles. The number of nitrogens with zero attached hydrogens (tertiary/aromatic N) is 5. The fourth-order valence-electron chi connectivity index (χ4n) is 3.34. The molecule has 1 aromatic carbocycles. The molecule has 1 fully saturated rings. The Morgan fingerprint density at radius 2 is 1.78 bits per heavy atom. The van der Waals surface area contributed by atoms with E-state index >= 15 is 0 Å². The third kappa shape index (κ3) is 3.24. The number of aromatic nitrogens is 2. The van der Waals surface area contributed by atoms with Crippen LogP contribution in [0, 0.1) is 11.6 Å². The first-order chi connectivity index (χ1) is 13.0. The lowest BCUT2D eigenvalue weighted by Gasteiger charge is -2.41. The molecule has 1 atom stereocenters. The summed E-state index contributed by atoms with van der Waals surface area (Å²) in [5.41, 5.74) is 0.256. The average molecular weight is 375 g/mol. The molecule has 2 aromatic rings. The van der Waals surface area contributed by atoms with Gasteiger partial charge >= 0.3 is 6.03 Å². The molecule has 0 aliphatic carbocycles. The minimum atomic E-state index is -1.00. The van der Waals surface area contributed by atoms with Crippen molar-refractivity contribution in [3.05, 3.63) is 42.2 Å². The zero-order valence-corrected chi connectivity index (χ0v) is 14.8. The molecule has 27 heavy (non-hydrogen) atoms. The maximum atomic E-state index is 13.7. The van der Waals surface area contributed by atoms with Crippen molar-refractivity contribution >= 4 is 17.7 Å². The molecule has 9 heteroatoms. The van der Waals surface area contributed by atoms with Crippen molar-refractivity contribution in [3.8, 4) is 5.75 Å². The maximum absolute atomic E-state index is 13.7. The normalized spacial score (nSPS) is 19.5. The van der Waals surface area contributed by atoms with Gasteiger partial charge < -0.3 is 14.5 Å². The van der Waals surface area contributed by atoms with Crippen LogP contribution in [0.1, 0.15) is 6.92 Å². The largest absolute Gasteiger partial charge is 0.489 e. The Morgan fingerprint density at radius 3 is 2.48 bits per heavy atom. The number of anilines is 2. The van der Waals surface area contributed by atoms with Gasteiger partial charge in [-0.2, -0.15) is 0 Å². The minimum Gasteiger partial charge on any atom is -0.489 e. The number of piperazine rings is 1. The molecule has 2 aliphatic rings. The summed E-state index contributed by atoms with van der Waals surface area (Å²) in [7, 11) is 0. The second-order valence-electron chi connectivity index (χ2n) is 6.57. The van der Waals surface area contributed by atoms with Crippen LogP contribution in [0.4, 0.5) is 25.2 Å². The van der Waals surface area contributed by atoms with Crippen molar-refractivity contribution in [2.75, 3.05) is 42.6 Å². The van der Waals surface area contributed by atoms with E-state index in [2.05, 4.69) is 9.97 Å². The van der Waals surface area contributed by atoms with Crippen LogP contribution in [-0.2, 0) is 0 Å². The highest BCUT2D eigenvalue weighted by Gasteiger charge is 2.35. The number of halogens is 2. The van der Waals surface area contributed by atoms with Crippen molar-refractivity contribution in [3.63, 3.8) is 0 Å². The third-order valence-corrected chi connectivity index (χ3v) is 4.77. The lowest BCUT2D eigenvalue weighted by Crippen LogP contribution is -2.56. The van der Waals surface area contributed by atoms with Gasteiger partial charge in [0.25, 0.3) is 0 Å². The molecule has 2 amide bonds. The van der Waals surface area contributed by atoms with Gasteiger partial charge in [-0.1, -0.05) is 0 Å². The quantitative estimate of drug-likeness (QED) is 0.765. The predicted molar refractivity (Wildman–Crippen MR) is 95.0 cm³/mol. The first-order valence-corrected chi connectivity index (χ1v) is 8.76. The number of rotatable bonds is 1. The molecule has 3 heterocycles. The van der Waals surface area contributed by atoms with Crippen molar-refractivity contribution < 1.29 is 18.3 Å². The van der Waals surface area contributed by atoms with E-state index < -0.39 is 11.6 Å². The highest BCUT2D eigenvalue weighted by Crippen LogP contribution is 2.36. The van der Waals surface area contributed by atoms with E-state index in [-0.39, 0.29) is 30.1 Å². The van der Waals surface area contributed by atoms with Crippen molar-refractivity contribution in [2.24, 2.45) is 0 Å². The zero-order valence-electron chi connectivity index (χ0n) is 14.8. The summed E-state index contributed by atoms with van der Waals surface area (Å²) in [6, 6.07) is 3.23. The standard InChI is InChI=1S/C18H19F2N5O2/c1-12-11-27-16-10-14(20)13(19)9-15(16)25(12)18(26)24-7-5-23(6-8-24)17-21-3-2-4-22-17/h2-4,9-10,12H,5-8,11H2,1H3. The molecule has 0 bridgehead atoms. The van der Waals surface area contributed by atoms with Gasteiger partial charge in [0, 0.05) is 50.7 Å². The smallest absolute Gasteiger partial charge is 0.325 e. The summed E-state index contributed by atoms with van der Waals surface area (Å²) in [6.07, 6.45) is 3.36. The number of ether oxygens (including phenoxy) is 1. The Morgan fingerprint density at radius 1 is 1.11 bits per heavy atom. The second kappa shape index (κ2) is 6.98. The van der Waals surface area contributed by atoms with E-state index in [1.54, 1.807) is 23.4 Å². The first-order valence-electron chi connectivity index (χ1n) is 8.76. The number of amides is 2. The Bertz CT molecular complexity index is 843. The van der Waals surface area contributed by atoms with Gasteiger partial charge in [-0.25, -0.2) is 23.5 Å². The van der Waals surface area contributed by atoms with Gasteiger partial charge in [0.2, 0.25) is 5.95 Å². The number of hydrogen-bond acceptors (Lipinski definition) is 5. The highest BCUT2D eigenvalue weighted by atomic mass is 19.2. The van der Waals surface area contributed by atoms with Gasteiger partial charge in [-0.05, 0) is 13.0 Å². The second-order valence-corrected chi connectivity index (χ2v) is 6.57. The molecule has 0 radical (unpaired) electrons. The highest BCUT2D eigenvalue weighted by molar-refractivity contribution is 5.95. The number of fused-ring (bicyclic) bond motifs is 1. The summed E-state index contributed by atoms with van der Waals surface area (Å²) < 4.78 is 32.7. The van der Waals surface area contributed by atoms with Gasteiger partial charge in [-0.15, -0.1) is 0 Å². The lowest BCUT2D eigenvalue weighted by atomic mass is 10.1. The van der Waals surface area contributed by atoms with E-state index in [9.17, 15) is 13.6 Å². The van der Waals surface area contributed by atoms with E-state index in [0.29, 0.717) is 32.1 Å². The number of benzene rings is 1. The Hall–Kier alpha value is -2.97. The SMILES string of the molecule is CC1COc2cc(F)c(F)cc2N1C(=O)N1CCN(c2ncccn2)CC1. The van der Waals surface area contributed by atoms with E-state index in [1.165, 1.54) is 4.90 Å². The minimum absolute atomic E-state index is 0.177. The van der Waals surface area contributed by atoms with E-state index in [0.717, 1.165) is 12.1 Å². The van der Waals surface area contributed by atoms with Crippen LogP contribution in [0.2, 0.25) is 0 Å². The number of hydrogen-bond donors (Lipinski definition) is 0. The first kappa shape index (κ1) is 17.4. The molecule has 7 nitrogen and oxygen atoms in total. The van der Waals surface area contributed by atoms with Crippen LogP contribution < -0.4 is 14.5 Å². The van der Waals surface area contributed by atoms with Crippen molar-refractivity contribution in [1.82, 2.24) is 14.9 Å². The van der Waals surface area contributed by atoms with Crippen LogP contribution in [0.3, 0.4) is 0 Å². The molecule has 0 spiro atoms. The fourth-order valence-corrected chi connectivity index (χ4v) is 3.34. The molecular formula is C18H19F2N5O2. The Labute approximate surface area is 155 Å². The molecule has 1 saturated heterocycles. The summed E-state index contributed by atoms with van der Waals surface area (Å²) in [5, 5.41) is 0. The average Bonchev–Trinajstić information content (AvgIpc) is 2.70. The van der Waals surface area contributed by atoms with Crippen molar-refractivity contribution in [1.29, 1.82) is 0 Å². The Balaban J connectivity index is 1.51. The molecule has 4 rings (SSSR count). The topological polar surface area (TPSA) is 61.8 Å². The monoisotopic (exact) mass is 375 g/mol. The van der Waals surface area contributed by atoms with Gasteiger partial charge in [-0.3, -0.25) is 4.90 Å². The summed E-state index contributed by atoms with van der Waals surface area (Å²) in [4.78, 5) is 26.7. The van der Waals surface area contributed by atoms with Gasteiger partial charge in [0.15, 0.2) is 11.6 Å². The molecule has 2 aliphatic heterocycles. The molecule has 0 N–H and O–H groups in total. The fraction of sp³-hybridized carbons (Fsp3) is 0.389. The van der Waals surface area contributed by atoms with Gasteiger partial charge in [0.05, 0.1) is 11.7 Å². The van der Waals surface area contributed by atoms with E-state index in [1.807, 2.05) is 11.8 Å². The molecular weight excluding hydrogens is 356 g/mol. The number of carbonyl (C=O) groups excluding carboxylic acids is 1. The Kier molecular flexibility index (Phi) is 4.51. The zero-order chi connectivity index (χ0) is 19.0. The summed E-state index contributed by atoms with van der Waals surface area (Å²) in [5.74, 6) is -1.19. The van der Waals surface area contributed by atoms with Crippen LogP contribution >= 0.6 is 0 Å². The van der Waals surface area contributed by atoms with E-state index in [4.69, 9.17) is 4.74 Å². The molecule has 1 unspecified atom stereocenters.